The number of amides is 1. The van der Waals surface area contributed by atoms with Crippen molar-refractivity contribution < 1.29 is 18.3 Å². The van der Waals surface area contributed by atoms with Gasteiger partial charge in [0, 0.05) is 0 Å². The summed E-state index contributed by atoms with van der Waals surface area (Å²) in [6.07, 6.45) is 2.12. The van der Waals surface area contributed by atoms with Gasteiger partial charge in [0.15, 0.2) is 0 Å². The lowest BCUT2D eigenvalue weighted by atomic mass is 9.77. The van der Waals surface area contributed by atoms with E-state index in [2.05, 4.69) is 10.1 Å². The lowest BCUT2D eigenvalue weighted by Gasteiger charge is -2.36. The number of halogens is 2. The molecule has 0 saturated heterocycles. The van der Waals surface area contributed by atoms with Crippen LogP contribution in [0, 0.1) is 0 Å². The summed E-state index contributed by atoms with van der Waals surface area (Å²) in [6.45, 7) is -2.93. The lowest BCUT2D eigenvalue weighted by molar-refractivity contribution is -0.123. The molecule has 0 atom stereocenters. The fourth-order valence-corrected chi connectivity index (χ4v) is 1.80. The van der Waals surface area contributed by atoms with Crippen molar-refractivity contribution in [1.82, 2.24) is 0 Å². The van der Waals surface area contributed by atoms with Crippen LogP contribution in [-0.4, -0.2) is 18.1 Å². The van der Waals surface area contributed by atoms with Gasteiger partial charge < -0.3 is 15.8 Å². The van der Waals surface area contributed by atoms with Crippen LogP contribution in [0.15, 0.2) is 24.3 Å². The Labute approximate surface area is 103 Å². The molecule has 1 amide bonds. The summed E-state index contributed by atoms with van der Waals surface area (Å²) in [5.74, 6) is -0.428. The molecule has 18 heavy (non-hydrogen) atoms. The Morgan fingerprint density at radius 2 is 2.06 bits per heavy atom. The van der Waals surface area contributed by atoms with E-state index in [4.69, 9.17) is 5.73 Å². The number of ether oxygens (including phenoxy) is 1. The fourth-order valence-electron chi connectivity index (χ4n) is 1.80. The van der Waals surface area contributed by atoms with E-state index in [0.717, 1.165) is 6.42 Å². The highest BCUT2D eigenvalue weighted by atomic mass is 19.3. The van der Waals surface area contributed by atoms with Crippen molar-refractivity contribution in [3.63, 3.8) is 0 Å². The Bertz CT molecular complexity index is 447. The van der Waals surface area contributed by atoms with E-state index in [1.165, 1.54) is 12.1 Å². The van der Waals surface area contributed by atoms with Crippen LogP contribution >= 0.6 is 0 Å². The summed E-state index contributed by atoms with van der Waals surface area (Å²) >= 11 is 0. The first-order chi connectivity index (χ1) is 8.51. The molecule has 0 radical (unpaired) electrons. The summed E-state index contributed by atoms with van der Waals surface area (Å²) in [5, 5.41) is 2.54. The second-order valence-corrected chi connectivity index (χ2v) is 4.34. The molecule has 0 heterocycles. The third-order valence-electron chi connectivity index (χ3n) is 3.05. The first kappa shape index (κ1) is 12.8. The summed E-state index contributed by atoms with van der Waals surface area (Å²) in [6, 6.07) is 6.04. The van der Waals surface area contributed by atoms with Gasteiger partial charge in [-0.15, -0.1) is 0 Å². The van der Waals surface area contributed by atoms with Gasteiger partial charge in [-0.2, -0.15) is 8.78 Å². The minimum Gasteiger partial charge on any atom is -0.433 e. The van der Waals surface area contributed by atoms with Crippen molar-refractivity contribution in [1.29, 1.82) is 0 Å². The van der Waals surface area contributed by atoms with E-state index < -0.39 is 12.2 Å². The standard InChI is InChI=1S/C12H14F2N2O2/c13-11(14)18-9-5-2-1-4-8(9)16-10(17)12(15)6-3-7-12/h1-2,4-5,11H,3,6-7,15H2,(H,16,17). The van der Waals surface area contributed by atoms with E-state index in [1.54, 1.807) is 12.1 Å². The molecule has 2 rings (SSSR count). The number of hydrogen-bond donors (Lipinski definition) is 2. The number of carbonyl (C=O) groups excluding carboxylic acids is 1. The van der Waals surface area contributed by atoms with Crippen molar-refractivity contribution >= 4 is 11.6 Å². The van der Waals surface area contributed by atoms with Crippen LogP contribution in [0.1, 0.15) is 19.3 Å². The predicted octanol–water partition coefficient (Wildman–Crippen LogP) is 2.11. The van der Waals surface area contributed by atoms with Crippen LogP contribution in [0.25, 0.3) is 0 Å². The molecule has 1 saturated carbocycles. The highest BCUT2D eigenvalue weighted by Gasteiger charge is 2.40. The number of rotatable bonds is 4. The molecule has 0 aromatic heterocycles. The number of nitrogens with two attached hydrogens (primary N) is 1. The molecule has 1 aliphatic rings. The maximum atomic E-state index is 12.2. The van der Waals surface area contributed by atoms with Gasteiger partial charge in [0.1, 0.15) is 5.75 Å². The molecule has 0 unspecified atom stereocenters. The number of para-hydroxylation sites is 2. The smallest absolute Gasteiger partial charge is 0.387 e. The van der Waals surface area contributed by atoms with Crippen LogP contribution in [0.5, 0.6) is 5.75 Å². The maximum Gasteiger partial charge on any atom is 0.387 e. The highest BCUT2D eigenvalue weighted by Crippen LogP contribution is 2.32. The van der Waals surface area contributed by atoms with Gasteiger partial charge >= 0.3 is 6.61 Å². The van der Waals surface area contributed by atoms with E-state index in [-0.39, 0.29) is 17.3 Å². The summed E-state index contributed by atoms with van der Waals surface area (Å²) in [5.41, 5.74) is 5.18. The van der Waals surface area contributed by atoms with Gasteiger partial charge in [0.05, 0.1) is 11.2 Å². The zero-order valence-electron chi connectivity index (χ0n) is 9.66. The van der Waals surface area contributed by atoms with Crippen LogP contribution < -0.4 is 15.8 Å². The zero-order chi connectivity index (χ0) is 13.2. The monoisotopic (exact) mass is 256 g/mol. The molecule has 0 bridgehead atoms. The largest absolute Gasteiger partial charge is 0.433 e. The number of anilines is 1. The van der Waals surface area contributed by atoms with Crippen LogP contribution in [0.2, 0.25) is 0 Å². The molecular weight excluding hydrogens is 242 g/mol. The maximum absolute atomic E-state index is 12.2. The number of hydrogen-bond acceptors (Lipinski definition) is 3. The topological polar surface area (TPSA) is 64.4 Å². The van der Waals surface area contributed by atoms with E-state index in [1.807, 2.05) is 0 Å². The molecule has 0 spiro atoms. The third-order valence-corrected chi connectivity index (χ3v) is 3.05. The molecule has 1 aromatic carbocycles. The molecular formula is C12H14F2N2O2. The first-order valence-electron chi connectivity index (χ1n) is 5.65. The Morgan fingerprint density at radius 1 is 1.39 bits per heavy atom. The minimum atomic E-state index is -2.93. The van der Waals surface area contributed by atoms with E-state index in [9.17, 15) is 13.6 Å². The van der Waals surface area contributed by atoms with E-state index >= 15 is 0 Å². The highest BCUT2D eigenvalue weighted by molar-refractivity contribution is 5.99. The summed E-state index contributed by atoms with van der Waals surface area (Å²) < 4.78 is 28.7. The van der Waals surface area contributed by atoms with Crippen molar-refractivity contribution in [2.45, 2.75) is 31.4 Å². The Hall–Kier alpha value is -1.69. The Balaban J connectivity index is 2.11. The molecule has 6 heteroatoms. The number of nitrogens with one attached hydrogen (secondary N) is 1. The van der Waals surface area contributed by atoms with Crippen LogP contribution in [0.3, 0.4) is 0 Å². The SMILES string of the molecule is NC1(C(=O)Nc2ccccc2OC(F)F)CCC1. The number of carbonyl (C=O) groups is 1. The quantitative estimate of drug-likeness (QED) is 0.867. The van der Waals surface area contributed by atoms with Gasteiger partial charge in [-0.3, -0.25) is 4.79 Å². The van der Waals surface area contributed by atoms with Gasteiger partial charge in [-0.05, 0) is 31.4 Å². The second-order valence-electron chi connectivity index (χ2n) is 4.34. The molecule has 1 fully saturated rings. The number of alkyl halides is 2. The van der Waals surface area contributed by atoms with Crippen molar-refractivity contribution in [3.05, 3.63) is 24.3 Å². The van der Waals surface area contributed by atoms with Crippen molar-refractivity contribution in [3.8, 4) is 5.75 Å². The summed E-state index contributed by atoms with van der Waals surface area (Å²) in [4.78, 5) is 11.9. The summed E-state index contributed by atoms with van der Waals surface area (Å²) in [7, 11) is 0. The molecule has 1 aliphatic carbocycles. The molecule has 3 N–H and O–H groups in total. The average Bonchev–Trinajstić information content (AvgIpc) is 2.27. The molecule has 1 aromatic rings. The van der Waals surface area contributed by atoms with Gasteiger partial charge in [0.2, 0.25) is 5.91 Å². The van der Waals surface area contributed by atoms with Gasteiger partial charge in [0.25, 0.3) is 0 Å². The first-order valence-corrected chi connectivity index (χ1v) is 5.65. The van der Waals surface area contributed by atoms with Crippen molar-refractivity contribution in [2.24, 2.45) is 5.73 Å². The zero-order valence-corrected chi connectivity index (χ0v) is 9.66. The fraction of sp³-hybridized carbons (Fsp3) is 0.417. The van der Waals surface area contributed by atoms with Crippen LogP contribution in [0.4, 0.5) is 14.5 Å². The van der Waals surface area contributed by atoms with E-state index in [0.29, 0.717) is 12.8 Å². The third kappa shape index (κ3) is 2.59. The Kier molecular flexibility index (Phi) is 3.47. The van der Waals surface area contributed by atoms with Crippen molar-refractivity contribution in [2.75, 3.05) is 5.32 Å². The number of benzene rings is 1. The minimum absolute atomic E-state index is 0.0660. The van der Waals surface area contributed by atoms with Gasteiger partial charge in [-0.25, -0.2) is 0 Å². The molecule has 98 valence electrons. The normalized spacial score (nSPS) is 17.1. The van der Waals surface area contributed by atoms with Gasteiger partial charge in [-0.1, -0.05) is 12.1 Å². The molecule has 4 nitrogen and oxygen atoms in total. The second kappa shape index (κ2) is 4.89. The average molecular weight is 256 g/mol. The lowest BCUT2D eigenvalue weighted by Crippen LogP contribution is -2.56. The molecule has 0 aliphatic heterocycles. The van der Waals surface area contributed by atoms with Crippen LogP contribution in [-0.2, 0) is 4.79 Å². The Morgan fingerprint density at radius 3 is 2.61 bits per heavy atom. The predicted molar refractivity (Wildman–Crippen MR) is 62.5 cm³/mol.